The van der Waals surface area contributed by atoms with E-state index in [1.807, 2.05) is 18.5 Å². The van der Waals surface area contributed by atoms with E-state index in [-0.39, 0.29) is 12.1 Å². The van der Waals surface area contributed by atoms with Crippen molar-refractivity contribution in [3.05, 3.63) is 18.0 Å². The summed E-state index contributed by atoms with van der Waals surface area (Å²) < 4.78 is 34.5. The van der Waals surface area contributed by atoms with Crippen LogP contribution in [0.4, 0.5) is 0 Å². The van der Waals surface area contributed by atoms with Crippen LogP contribution in [0.25, 0.3) is 0 Å². The summed E-state index contributed by atoms with van der Waals surface area (Å²) in [4.78, 5) is 0.338. The smallest absolute Gasteiger partial charge is 0.242 e. The lowest BCUT2D eigenvalue weighted by Gasteiger charge is -2.34. The zero-order valence-electron chi connectivity index (χ0n) is 12.2. The molecule has 0 radical (unpaired) electrons. The third kappa shape index (κ3) is 3.22. The average molecular weight is 301 g/mol. The minimum absolute atomic E-state index is 0.0114. The summed E-state index contributed by atoms with van der Waals surface area (Å²) >= 11 is 0. The highest BCUT2D eigenvalue weighted by Gasteiger charge is 2.33. The first-order valence-corrected chi connectivity index (χ1v) is 8.37. The number of hydrogen-bond donors (Lipinski definition) is 2. The van der Waals surface area contributed by atoms with Crippen LogP contribution in [-0.4, -0.2) is 39.3 Å². The van der Waals surface area contributed by atoms with Crippen molar-refractivity contribution in [1.82, 2.24) is 14.6 Å². The molecule has 1 fully saturated rings. The molecule has 2 rings (SSSR count). The third-order valence-electron chi connectivity index (χ3n) is 3.72. The summed E-state index contributed by atoms with van der Waals surface area (Å²) in [6, 6.07) is 1.72. The Bertz CT molecular complexity index is 547. The minimum atomic E-state index is -3.44. The molecule has 0 unspecified atom stereocenters. The molecule has 2 N–H and O–H groups in total. The fourth-order valence-electron chi connectivity index (χ4n) is 2.44. The first-order chi connectivity index (χ1) is 9.50. The van der Waals surface area contributed by atoms with Crippen molar-refractivity contribution in [3.63, 3.8) is 0 Å². The van der Waals surface area contributed by atoms with Gasteiger partial charge in [-0.1, -0.05) is 0 Å². The summed E-state index contributed by atoms with van der Waals surface area (Å²) in [5.74, 6) is 0. The molecule has 0 saturated heterocycles. The van der Waals surface area contributed by atoms with Crippen LogP contribution < -0.4 is 10.0 Å². The number of hydrogen-bond acceptors (Lipinski definition) is 4. The van der Waals surface area contributed by atoms with Crippen LogP contribution in [0, 0.1) is 0 Å². The van der Waals surface area contributed by atoms with E-state index in [0.29, 0.717) is 11.4 Å². The maximum absolute atomic E-state index is 12.3. The molecule has 0 aromatic carbocycles. The van der Waals surface area contributed by atoms with Crippen LogP contribution in [0.15, 0.2) is 17.2 Å². The fourth-order valence-corrected chi connectivity index (χ4v) is 3.76. The van der Waals surface area contributed by atoms with Gasteiger partial charge >= 0.3 is 0 Å². The van der Waals surface area contributed by atoms with E-state index in [1.165, 1.54) is 0 Å². The molecule has 0 aliphatic heterocycles. The molecule has 1 aliphatic carbocycles. The van der Waals surface area contributed by atoms with Gasteiger partial charge in [-0.3, -0.25) is 0 Å². The van der Waals surface area contributed by atoms with Crippen molar-refractivity contribution >= 4 is 10.0 Å². The quantitative estimate of drug-likeness (QED) is 0.777. The Labute approximate surface area is 120 Å². The number of ether oxygens (including phenoxy) is 1. The Hall–Kier alpha value is -0.890. The van der Waals surface area contributed by atoms with Gasteiger partial charge in [0.05, 0.1) is 11.0 Å². The monoisotopic (exact) mass is 301 g/mol. The molecule has 20 heavy (non-hydrogen) atoms. The second-order valence-corrected chi connectivity index (χ2v) is 6.84. The highest BCUT2D eigenvalue weighted by Crippen LogP contribution is 2.25. The number of nitrogens with zero attached hydrogens (tertiary/aromatic N) is 1. The summed E-state index contributed by atoms with van der Waals surface area (Å²) in [7, 11) is 0.0632. The largest absolute Gasteiger partial charge is 0.381 e. The van der Waals surface area contributed by atoms with Gasteiger partial charge in [0.2, 0.25) is 10.0 Å². The average Bonchev–Trinajstić information content (AvgIpc) is 2.77. The lowest BCUT2D eigenvalue weighted by Crippen LogP contribution is -2.47. The van der Waals surface area contributed by atoms with Crippen molar-refractivity contribution in [2.45, 2.75) is 49.9 Å². The zero-order chi connectivity index (χ0) is 14.8. The van der Waals surface area contributed by atoms with E-state index < -0.39 is 10.0 Å². The predicted octanol–water partition coefficient (Wildman–Crippen LogP) is 0.683. The minimum Gasteiger partial charge on any atom is -0.381 e. The van der Waals surface area contributed by atoms with Crippen LogP contribution in [0.2, 0.25) is 0 Å². The maximum Gasteiger partial charge on any atom is 0.242 e. The fraction of sp³-hybridized carbons (Fsp3) is 0.692. The summed E-state index contributed by atoms with van der Waals surface area (Å²) in [6.07, 6.45) is 3.37. The highest BCUT2D eigenvalue weighted by atomic mass is 32.2. The molecule has 1 aromatic heterocycles. The lowest BCUT2D eigenvalue weighted by atomic mass is 9.90. The molecule has 7 heteroatoms. The second-order valence-electron chi connectivity index (χ2n) is 5.13. The van der Waals surface area contributed by atoms with Crippen LogP contribution in [0.5, 0.6) is 0 Å². The van der Waals surface area contributed by atoms with Gasteiger partial charge in [0, 0.05) is 38.1 Å². The van der Waals surface area contributed by atoms with Crippen LogP contribution in [0.3, 0.4) is 0 Å². The molecular formula is C13H23N3O3S. The zero-order valence-corrected chi connectivity index (χ0v) is 13.0. The van der Waals surface area contributed by atoms with E-state index in [1.54, 1.807) is 19.4 Å². The molecule has 1 saturated carbocycles. The number of methoxy groups -OCH3 is 1. The summed E-state index contributed by atoms with van der Waals surface area (Å²) in [6.45, 7) is 3.40. The SMILES string of the molecule is CCn1cc(S(=O)(=O)NC2CC(OC)C2)cc1CNC. The maximum atomic E-state index is 12.3. The van der Waals surface area contributed by atoms with Crippen molar-refractivity contribution in [2.75, 3.05) is 14.2 Å². The van der Waals surface area contributed by atoms with Crippen LogP contribution in [0.1, 0.15) is 25.5 Å². The molecule has 1 aromatic rings. The Balaban J connectivity index is 2.09. The number of rotatable bonds is 7. The normalized spacial score (nSPS) is 22.8. The standard InChI is InChI=1S/C13H23N3O3S/c1-4-16-9-13(7-11(16)8-14-2)20(17,18)15-10-5-12(6-10)19-3/h7,9-10,12,14-15H,4-6,8H2,1-3H3. The van der Waals surface area contributed by atoms with Gasteiger partial charge in [0.25, 0.3) is 0 Å². The molecule has 0 bridgehead atoms. The Morgan fingerprint density at radius 1 is 1.45 bits per heavy atom. The van der Waals surface area contributed by atoms with Gasteiger partial charge in [-0.25, -0.2) is 13.1 Å². The van der Waals surface area contributed by atoms with Gasteiger partial charge < -0.3 is 14.6 Å². The molecule has 6 nitrogen and oxygen atoms in total. The van der Waals surface area contributed by atoms with Gasteiger partial charge in [-0.2, -0.15) is 0 Å². The van der Waals surface area contributed by atoms with Gasteiger partial charge in [-0.05, 0) is 32.9 Å². The van der Waals surface area contributed by atoms with Gasteiger partial charge in [0.1, 0.15) is 0 Å². The molecular weight excluding hydrogens is 278 g/mol. The Morgan fingerprint density at radius 3 is 2.70 bits per heavy atom. The van der Waals surface area contributed by atoms with Crippen molar-refractivity contribution in [3.8, 4) is 0 Å². The van der Waals surface area contributed by atoms with Crippen molar-refractivity contribution in [2.24, 2.45) is 0 Å². The van der Waals surface area contributed by atoms with E-state index in [2.05, 4.69) is 10.0 Å². The van der Waals surface area contributed by atoms with Gasteiger partial charge in [0.15, 0.2) is 0 Å². The van der Waals surface area contributed by atoms with Crippen LogP contribution in [-0.2, 0) is 27.8 Å². The summed E-state index contributed by atoms with van der Waals surface area (Å²) in [5, 5.41) is 3.05. The van der Waals surface area contributed by atoms with Crippen LogP contribution >= 0.6 is 0 Å². The molecule has 114 valence electrons. The van der Waals surface area contributed by atoms with E-state index in [0.717, 1.165) is 25.1 Å². The van der Waals surface area contributed by atoms with Crippen molar-refractivity contribution < 1.29 is 13.2 Å². The van der Waals surface area contributed by atoms with Crippen molar-refractivity contribution in [1.29, 1.82) is 0 Å². The first kappa shape index (κ1) is 15.5. The number of aromatic nitrogens is 1. The van der Waals surface area contributed by atoms with E-state index in [9.17, 15) is 8.42 Å². The molecule has 0 atom stereocenters. The summed E-state index contributed by atoms with van der Waals surface area (Å²) in [5.41, 5.74) is 0.971. The van der Waals surface area contributed by atoms with E-state index >= 15 is 0 Å². The molecule has 1 aliphatic rings. The van der Waals surface area contributed by atoms with E-state index in [4.69, 9.17) is 4.74 Å². The topological polar surface area (TPSA) is 72.4 Å². The highest BCUT2D eigenvalue weighted by molar-refractivity contribution is 7.89. The number of sulfonamides is 1. The molecule has 0 amide bonds. The second kappa shape index (κ2) is 6.26. The Kier molecular flexibility index (Phi) is 4.85. The predicted molar refractivity (Wildman–Crippen MR) is 77.0 cm³/mol. The van der Waals surface area contributed by atoms with Gasteiger partial charge in [-0.15, -0.1) is 0 Å². The first-order valence-electron chi connectivity index (χ1n) is 6.89. The molecule has 1 heterocycles. The number of nitrogens with one attached hydrogen (secondary N) is 2. The lowest BCUT2D eigenvalue weighted by molar-refractivity contribution is 0.0236. The third-order valence-corrected chi connectivity index (χ3v) is 5.21. The number of aryl methyl sites for hydroxylation is 1. The molecule has 0 spiro atoms. The Morgan fingerprint density at radius 2 is 2.15 bits per heavy atom.